The number of nitrogens with zero attached hydrogens (tertiary/aromatic N) is 2. The van der Waals surface area contributed by atoms with E-state index in [9.17, 15) is 19.5 Å². The largest absolute Gasteiger partial charge is 0.480 e. The van der Waals surface area contributed by atoms with E-state index in [1.807, 2.05) is 0 Å². The molecular weight excluding hydrogens is 274 g/mol. The highest BCUT2D eigenvalue weighted by molar-refractivity contribution is 5.90. The highest BCUT2D eigenvalue weighted by atomic mass is 16.4. The molecular formula is C14H23N3O4. The normalized spacial score (nSPS) is 23.6. The zero-order valence-corrected chi connectivity index (χ0v) is 12.4. The van der Waals surface area contributed by atoms with Crippen molar-refractivity contribution in [2.75, 3.05) is 26.7 Å². The summed E-state index contributed by atoms with van der Waals surface area (Å²) in [6, 6.07) is -1.35. The van der Waals surface area contributed by atoms with E-state index in [4.69, 9.17) is 0 Å². The van der Waals surface area contributed by atoms with Gasteiger partial charge in [0.05, 0.1) is 0 Å². The lowest BCUT2D eigenvalue weighted by Crippen LogP contribution is -2.61. The maximum atomic E-state index is 12.4. The Morgan fingerprint density at radius 1 is 1.33 bits per heavy atom. The predicted molar refractivity (Wildman–Crippen MR) is 75.7 cm³/mol. The van der Waals surface area contributed by atoms with Gasteiger partial charge in [0.1, 0.15) is 12.6 Å². The maximum Gasteiger partial charge on any atom is 0.328 e. The lowest BCUT2D eigenvalue weighted by molar-refractivity contribution is -0.144. The number of piperazine rings is 1. The molecule has 118 valence electrons. The van der Waals surface area contributed by atoms with Crippen LogP contribution in [0.2, 0.25) is 0 Å². The second kappa shape index (κ2) is 6.78. The summed E-state index contributed by atoms with van der Waals surface area (Å²) in [4.78, 5) is 37.8. The summed E-state index contributed by atoms with van der Waals surface area (Å²) in [5, 5.41) is 11.7. The van der Waals surface area contributed by atoms with Crippen molar-refractivity contribution in [2.45, 2.75) is 38.1 Å². The fraction of sp³-hybridized carbons (Fsp3) is 0.786. The molecule has 0 bridgehead atoms. The Bertz CT molecular complexity index is 420. The van der Waals surface area contributed by atoms with E-state index in [1.165, 1.54) is 19.3 Å². The summed E-state index contributed by atoms with van der Waals surface area (Å²) in [7, 11) is 1.68. The van der Waals surface area contributed by atoms with Gasteiger partial charge in [0, 0.05) is 20.1 Å². The lowest BCUT2D eigenvalue weighted by Gasteiger charge is -2.36. The molecule has 3 amide bonds. The number of nitrogens with one attached hydrogen (secondary N) is 1. The molecule has 1 saturated heterocycles. The summed E-state index contributed by atoms with van der Waals surface area (Å²) in [5.74, 6) is -0.920. The number of urea groups is 1. The third-order valence-electron chi connectivity index (χ3n) is 4.30. The quantitative estimate of drug-likeness (QED) is 0.794. The zero-order chi connectivity index (χ0) is 15.4. The second-order valence-electron chi connectivity index (χ2n) is 5.95. The van der Waals surface area contributed by atoms with Crippen molar-refractivity contribution < 1.29 is 19.5 Å². The van der Waals surface area contributed by atoms with E-state index in [-0.39, 0.29) is 25.0 Å². The van der Waals surface area contributed by atoms with Crippen LogP contribution < -0.4 is 5.32 Å². The summed E-state index contributed by atoms with van der Waals surface area (Å²) in [6.07, 6.45) is 5.86. The fourth-order valence-corrected chi connectivity index (χ4v) is 3.12. The third-order valence-corrected chi connectivity index (χ3v) is 4.30. The molecule has 0 radical (unpaired) electrons. The van der Waals surface area contributed by atoms with E-state index in [2.05, 4.69) is 5.32 Å². The van der Waals surface area contributed by atoms with Gasteiger partial charge in [-0.15, -0.1) is 0 Å². The molecule has 1 atom stereocenters. The fourth-order valence-electron chi connectivity index (χ4n) is 3.12. The number of carboxylic acids is 1. The Balaban J connectivity index is 1.97. The molecule has 1 unspecified atom stereocenters. The summed E-state index contributed by atoms with van der Waals surface area (Å²) in [5.41, 5.74) is 0. The molecule has 7 nitrogen and oxygen atoms in total. The molecule has 1 aliphatic carbocycles. The first kappa shape index (κ1) is 15.6. The maximum absolute atomic E-state index is 12.4. The van der Waals surface area contributed by atoms with Crippen LogP contribution in [0.1, 0.15) is 32.1 Å². The predicted octanol–water partition coefficient (Wildman–Crippen LogP) is 0.504. The number of aliphatic carboxylic acids is 1. The third kappa shape index (κ3) is 3.86. The summed E-state index contributed by atoms with van der Waals surface area (Å²) < 4.78 is 0. The molecule has 2 rings (SSSR count). The number of carbonyl (C=O) groups excluding carboxylic acids is 2. The van der Waals surface area contributed by atoms with Crippen LogP contribution in [0.4, 0.5) is 4.79 Å². The molecule has 2 N–H and O–H groups in total. The summed E-state index contributed by atoms with van der Waals surface area (Å²) in [6.45, 7) is 0.408. The Morgan fingerprint density at radius 2 is 2.00 bits per heavy atom. The smallest absolute Gasteiger partial charge is 0.328 e. The van der Waals surface area contributed by atoms with E-state index < -0.39 is 12.0 Å². The van der Waals surface area contributed by atoms with Crippen molar-refractivity contribution in [1.29, 1.82) is 0 Å². The van der Waals surface area contributed by atoms with E-state index in [0.29, 0.717) is 12.5 Å². The summed E-state index contributed by atoms with van der Waals surface area (Å²) >= 11 is 0. The van der Waals surface area contributed by atoms with Crippen molar-refractivity contribution in [1.82, 2.24) is 15.1 Å². The minimum Gasteiger partial charge on any atom is -0.480 e. The highest BCUT2D eigenvalue weighted by Crippen LogP contribution is 2.24. The topological polar surface area (TPSA) is 90.0 Å². The first-order chi connectivity index (χ1) is 9.99. The number of rotatable bonds is 3. The van der Waals surface area contributed by atoms with E-state index >= 15 is 0 Å². The molecule has 2 fully saturated rings. The van der Waals surface area contributed by atoms with Crippen LogP contribution in [0.5, 0.6) is 0 Å². The number of amides is 3. The molecule has 1 saturated carbocycles. The number of hydrogen-bond acceptors (Lipinski definition) is 3. The van der Waals surface area contributed by atoms with Crippen molar-refractivity contribution in [3.05, 3.63) is 0 Å². The Labute approximate surface area is 124 Å². The Morgan fingerprint density at radius 3 is 2.62 bits per heavy atom. The minimum atomic E-state index is -1.09. The molecule has 0 aromatic carbocycles. The van der Waals surface area contributed by atoms with Gasteiger partial charge in [-0.05, 0) is 18.8 Å². The van der Waals surface area contributed by atoms with Gasteiger partial charge in [-0.2, -0.15) is 0 Å². The van der Waals surface area contributed by atoms with E-state index in [0.717, 1.165) is 17.7 Å². The zero-order valence-electron chi connectivity index (χ0n) is 12.4. The number of carbonyl (C=O) groups is 3. The monoisotopic (exact) mass is 297 g/mol. The van der Waals surface area contributed by atoms with Gasteiger partial charge in [0.2, 0.25) is 5.91 Å². The van der Waals surface area contributed by atoms with Crippen molar-refractivity contribution in [3.8, 4) is 0 Å². The van der Waals surface area contributed by atoms with Gasteiger partial charge in [-0.25, -0.2) is 9.59 Å². The average molecular weight is 297 g/mol. The highest BCUT2D eigenvalue weighted by Gasteiger charge is 2.36. The molecule has 7 heteroatoms. The van der Waals surface area contributed by atoms with Gasteiger partial charge in [0.25, 0.3) is 0 Å². The van der Waals surface area contributed by atoms with Gasteiger partial charge in [0.15, 0.2) is 0 Å². The van der Waals surface area contributed by atoms with E-state index in [1.54, 1.807) is 11.9 Å². The van der Waals surface area contributed by atoms with Crippen LogP contribution >= 0.6 is 0 Å². The molecule has 21 heavy (non-hydrogen) atoms. The van der Waals surface area contributed by atoms with Gasteiger partial charge < -0.3 is 15.3 Å². The molecule has 0 aromatic heterocycles. The van der Waals surface area contributed by atoms with Crippen LogP contribution in [-0.4, -0.2) is 65.5 Å². The van der Waals surface area contributed by atoms with Crippen LogP contribution in [0.25, 0.3) is 0 Å². The van der Waals surface area contributed by atoms with Gasteiger partial charge in [-0.1, -0.05) is 19.3 Å². The van der Waals surface area contributed by atoms with Crippen LogP contribution in [0, 0.1) is 5.92 Å². The van der Waals surface area contributed by atoms with Gasteiger partial charge in [-0.3, -0.25) is 9.69 Å². The molecule has 0 aromatic rings. The first-order valence-electron chi connectivity index (χ1n) is 7.50. The first-order valence-corrected chi connectivity index (χ1v) is 7.50. The SMILES string of the molecule is CN(CC1CCCCC1)C(=O)N1CC(=O)NCC1C(=O)O. The van der Waals surface area contributed by atoms with Crippen molar-refractivity contribution >= 4 is 17.9 Å². The van der Waals surface area contributed by atoms with Gasteiger partial charge >= 0.3 is 12.0 Å². The van der Waals surface area contributed by atoms with Crippen LogP contribution in [0.15, 0.2) is 0 Å². The lowest BCUT2D eigenvalue weighted by atomic mass is 9.89. The molecule has 0 spiro atoms. The Kier molecular flexibility index (Phi) is 5.03. The minimum absolute atomic E-state index is 0.0306. The van der Waals surface area contributed by atoms with Crippen LogP contribution in [0.3, 0.4) is 0 Å². The van der Waals surface area contributed by atoms with Crippen molar-refractivity contribution in [3.63, 3.8) is 0 Å². The van der Waals surface area contributed by atoms with Crippen LogP contribution in [-0.2, 0) is 9.59 Å². The number of carboxylic acid groups (broad SMARTS) is 1. The standard InChI is InChI=1S/C14H23N3O4/c1-16(8-10-5-3-2-4-6-10)14(21)17-9-12(18)15-7-11(17)13(19)20/h10-11H,2-9H2,1H3,(H,15,18)(H,19,20). The number of hydrogen-bond donors (Lipinski definition) is 2. The average Bonchev–Trinajstić information content (AvgIpc) is 2.47. The second-order valence-corrected chi connectivity index (χ2v) is 5.95. The molecule has 2 aliphatic rings. The Hall–Kier alpha value is -1.79. The molecule has 1 heterocycles. The molecule has 1 aliphatic heterocycles. The van der Waals surface area contributed by atoms with Crippen molar-refractivity contribution in [2.24, 2.45) is 5.92 Å².